The topological polar surface area (TPSA) is 24.4 Å². The molecule has 3 heteroatoms. The molecule has 1 aliphatic rings. The van der Waals surface area contributed by atoms with E-state index in [1.807, 2.05) is 12.2 Å². The summed E-state index contributed by atoms with van der Waals surface area (Å²) in [5, 5.41) is 0. The van der Waals surface area contributed by atoms with Gasteiger partial charge in [-0.2, -0.15) is 0 Å². The van der Waals surface area contributed by atoms with E-state index in [-0.39, 0.29) is 0 Å². The van der Waals surface area contributed by atoms with Crippen LogP contribution in [0.4, 0.5) is 0 Å². The maximum absolute atomic E-state index is 5.18. The van der Waals surface area contributed by atoms with Gasteiger partial charge in [0.25, 0.3) is 0 Å². The molecule has 1 heterocycles. The summed E-state index contributed by atoms with van der Waals surface area (Å²) >= 11 is 5.18. The molecule has 0 atom stereocenters. The largest absolute Gasteiger partial charge is 0.283 e. The van der Waals surface area contributed by atoms with Crippen LogP contribution in [0.2, 0.25) is 0 Å². The normalized spacial score (nSPS) is 17.0. The Hall–Kier alpha value is -0.500. The van der Waals surface area contributed by atoms with Crippen molar-refractivity contribution in [2.45, 2.75) is 0 Å². The Labute approximate surface area is 47.0 Å². The van der Waals surface area contributed by atoms with Crippen molar-refractivity contribution >= 4 is 17.6 Å². The van der Waals surface area contributed by atoms with Crippen molar-refractivity contribution in [2.24, 2.45) is 4.99 Å². The van der Waals surface area contributed by atoms with Crippen LogP contribution in [0.25, 0.3) is 0 Å². The van der Waals surface area contributed by atoms with Crippen molar-refractivity contribution in [3.05, 3.63) is 12.2 Å². The molecule has 0 radical (unpaired) electrons. The van der Waals surface area contributed by atoms with E-state index in [0.29, 0.717) is 0 Å². The minimum absolute atomic E-state index is 0.752. The second kappa shape index (κ2) is 1.98. The van der Waals surface area contributed by atoms with E-state index in [4.69, 9.17) is 11.8 Å². The maximum Gasteiger partial charge on any atom is 0.135 e. The molecule has 0 aliphatic carbocycles. The van der Waals surface area contributed by atoms with Gasteiger partial charge in [0, 0.05) is 11.8 Å². The summed E-state index contributed by atoms with van der Waals surface area (Å²) < 4.78 is 0. The van der Waals surface area contributed by atoms with Gasteiger partial charge in [-0.25, -0.2) is 0 Å². The lowest BCUT2D eigenvalue weighted by molar-refractivity contribution is 1.26. The summed E-state index contributed by atoms with van der Waals surface area (Å²) in [5.74, 6) is 0.752. The van der Waals surface area contributed by atoms with Crippen molar-refractivity contribution in [2.75, 3.05) is 6.54 Å². The zero-order valence-electron chi connectivity index (χ0n) is 3.69. The summed E-state index contributed by atoms with van der Waals surface area (Å²) in [7, 11) is 0. The number of aliphatic imine (C=N–C) groups is 1. The van der Waals surface area contributed by atoms with E-state index in [1.165, 1.54) is 0 Å². The fourth-order valence-electron chi connectivity index (χ4n) is 0.429. The van der Waals surface area contributed by atoms with Gasteiger partial charge in [-0.1, -0.05) is 6.08 Å². The standard InChI is InChI=1S/C4H5ClN2/c5-7-4-2-1-3-6-4/h1-2H,3H2,(H,6,7). The first-order valence-electron chi connectivity index (χ1n) is 2.01. The van der Waals surface area contributed by atoms with Crippen molar-refractivity contribution < 1.29 is 0 Å². The van der Waals surface area contributed by atoms with Crippen LogP contribution in [-0.2, 0) is 0 Å². The van der Waals surface area contributed by atoms with Crippen LogP contribution in [0.5, 0.6) is 0 Å². The predicted octanol–water partition coefficient (Wildman–Crippen LogP) is 0.698. The lowest BCUT2D eigenvalue weighted by atomic mass is 10.5. The second-order valence-electron chi connectivity index (χ2n) is 1.22. The van der Waals surface area contributed by atoms with Gasteiger partial charge in [0.1, 0.15) is 5.84 Å². The summed E-state index contributed by atoms with van der Waals surface area (Å²) in [5.41, 5.74) is 0. The molecular formula is C4H5ClN2. The molecule has 1 N–H and O–H groups in total. The first-order chi connectivity index (χ1) is 3.43. The van der Waals surface area contributed by atoms with Crippen LogP contribution in [0.15, 0.2) is 17.1 Å². The van der Waals surface area contributed by atoms with Gasteiger partial charge in [0.2, 0.25) is 0 Å². The Kier molecular flexibility index (Phi) is 1.32. The highest BCUT2D eigenvalue weighted by molar-refractivity contribution is 6.24. The molecule has 0 aromatic heterocycles. The van der Waals surface area contributed by atoms with Gasteiger partial charge in [0.05, 0.1) is 6.54 Å². The second-order valence-corrected chi connectivity index (χ2v) is 1.41. The molecule has 1 rings (SSSR count). The molecule has 0 bridgehead atoms. The molecule has 0 saturated carbocycles. The van der Waals surface area contributed by atoms with E-state index in [2.05, 4.69) is 9.83 Å². The molecule has 0 amide bonds. The van der Waals surface area contributed by atoms with Crippen molar-refractivity contribution in [3.63, 3.8) is 0 Å². The highest BCUT2D eigenvalue weighted by atomic mass is 35.5. The Morgan fingerprint density at radius 2 is 2.71 bits per heavy atom. The highest BCUT2D eigenvalue weighted by Crippen LogP contribution is 1.89. The number of nitrogens with zero attached hydrogens (tertiary/aromatic N) is 1. The van der Waals surface area contributed by atoms with E-state index in [9.17, 15) is 0 Å². The van der Waals surface area contributed by atoms with Crippen LogP contribution >= 0.6 is 11.8 Å². The van der Waals surface area contributed by atoms with Crippen LogP contribution in [-0.4, -0.2) is 12.4 Å². The third-order valence-electron chi connectivity index (χ3n) is 0.740. The Balaban J connectivity index is 2.52. The smallest absolute Gasteiger partial charge is 0.135 e. The molecule has 0 unspecified atom stereocenters. The third-order valence-corrected chi connectivity index (χ3v) is 0.933. The number of hydrogen-bond donors (Lipinski definition) is 1. The molecule has 0 aromatic carbocycles. The van der Waals surface area contributed by atoms with Crippen LogP contribution in [0, 0.1) is 0 Å². The number of nitrogens with one attached hydrogen (secondary N) is 1. The summed E-state index contributed by atoms with van der Waals surface area (Å²) in [6, 6.07) is 0. The highest BCUT2D eigenvalue weighted by Gasteiger charge is 1.92. The molecular weight excluding hydrogens is 112 g/mol. The molecule has 0 fully saturated rings. The molecule has 0 spiro atoms. The molecule has 38 valence electrons. The third kappa shape index (κ3) is 0.933. The fourth-order valence-corrected chi connectivity index (χ4v) is 0.552. The summed E-state index contributed by atoms with van der Waals surface area (Å²) in [4.78, 5) is 6.32. The summed E-state index contributed by atoms with van der Waals surface area (Å²) in [6.07, 6.45) is 3.78. The first kappa shape index (κ1) is 4.65. The average molecular weight is 117 g/mol. The van der Waals surface area contributed by atoms with E-state index < -0.39 is 0 Å². The molecule has 0 saturated heterocycles. The Bertz CT molecular complexity index is 117. The SMILES string of the molecule is ClNC1=NCC=C1. The zero-order valence-corrected chi connectivity index (χ0v) is 4.44. The van der Waals surface area contributed by atoms with Crippen LogP contribution in [0.1, 0.15) is 0 Å². The van der Waals surface area contributed by atoms with Gasteiger partial charge in [0.15, 0.2) is 0 Å². The van der Waals surface area contributed by atoms with E-state index >= 15 is 0 Å². The zero-order chi connectivity index (χ0) is 5.11. The first-order valence-corrected chi connectivity index (χ1v) is 2.39. The summed E-state index contributed by atoms with van der Waals surface area (Å²) in [6.45, 7) is 0.759. The van der Waals surface area contributed by atoms with E-state index in [0.717, 1.165) is 12.4 Å². The van der Waals surface area contributed by atoms with Gasteiger partial charge >= 0.3 is 0 Å². The van der Waals surface area contributed by atoms with Gasteiger partial charge in [-0.15, -0.1) is 0 Å². The number of amidine groups is 1. The Morgan fingerprint density at radius 1 is 1.86 bits per heavy atom. The van der Waals surface area contributed by atoms with E-state index in [1.54, 1.807) is 0 Å². The average Bonchev–Trinajstić information content (AvgIpc) is 2.14. The quantitative estimate of drug-likeness (QED) is 0.463. The monoisotopic (exact) mass is 116 g/mol. The molecule has 0 aromatic rings. The molecule has 7 heavy (non-hydrogen) atoms. The van der Waals surface area contributed by atoms with Gasteiger partial charge in [-0.3, -0.25) is 9.83 Å². The number of halogens is 1. The van der Waals surface area contributed by atoms with Crippen molar-refractivity contribution in [1.29, 1.82) is 0 Å². The van der Waals surface area contributed by atoms with Gasteiger partial charge in [-0.05, 0) is 6.08 Å². The fraction of sp³-hybridized carbons (Fsp3) is 0.250. The minimum Gasteiger partial charge on any atom is -0.283 e. The number of rotatable bonds is 0. The van der Waals surface area contributed by atoms with Crippen molar-refractivity contribution in [3.8, 4) is 0 Å². The predicted molar refractivity (Wildman–Crippen MR) is 30.4 cm³/mol. The lowest BCUT2D eigenvalue weighted by Gasteiger charge is -1.85. The number of hydrogen-bond acceptors (Lipinski definition) is 2. The van der Waals surface area contributed by atoms with Gasteiger partial charge < -0.3 is 0 Å². The maximum atomic E-state index is 5.18. The molecule has 1 aliphatic heterocycles. The lowest BCUT2D eigenvalue weighted by Crippen LogP contribution is -2.05. The van der Waals surface area contributed by atoms with Crippen molar-refractivity contribution in [1.82, 2.24) is 4.84 Å². The minimum atomic E-state index is 0.752. The molecule has 2 nitrogen and oxygen atoms in total. The van der Waals surface area contributed by atoms with Crippen LogP contribution in [0.3, 0.4) is 0 Å². The van der Waals surface area contributed by atoms with Crippen LogP contribution < -0.4 is 4.84 Å². The Morgan fingerprint density at radius 3 is 3.00 bits per heavy atom.